The summed E-state index contributed by atoms with van der Waals surface area (Å²) in [5.74, 6) is 0.118. The molecule has 0 bridgehead atoms. The molecule has 2 atom stereocenters. The van der Waals surface area contributed by atoms with Crippen LogP contribution in [0, 0.1) is 0 Å². The number of carbonyl (C=O) groups is 1. The molecule has 1 heterocycles. The van der Waals surface area contributed by atoms with Crippen molar-refractivity contribution in [2.45, 2.75) is 44.3 Å². The normalized spacial score (nSPS) is 26.5. The van der Waals surface area contributed by atoms with Crippen LogP contribution in [0.15, 0.2) is 0 Å². The molecule has 3 N–H and O–H groups in total. The Labute approximate surface area is 103 Å². The lowest BCUT2D eigenvalue weighted by molar-refractivity contribution is -0.120. The van der Waals surface area contributed by atoms with Crippen molar-refractivity contribution in [2.24, 2.45) is 0 Å². The molecule has 1 aliphatic heterocycles. The predicted molar refractivity (Wildman–Crippen MR) is 65.9 cm³/mol. The third-order valence-corrected chi connectivity index (χ3v) is 3.19. The summed E-state index contributed by atoms with van der Waals surface area (Å²) in [6.45, 7) is 5.05. The minimum absolute atomic E-state index is 0.118. The third-order valence-electron chi connectivity index (χ3n) is 3.19. The minimum Gasteiger partial charge on any atom is -0.379 e. The van der Waals surface area contributed by atoms with Crippen LogP contribution in [0.3, 0.4) is 0 Å². The van der Waals surface area contributed by atoms with Gasteiger partial charge < -0.3 is 20.7 Å². The number of morpholine rings is 1. The van der Waals surface area contributed by atoms with E-state index in [4.69, 9.17) is 4.74 Å². The maximum absolute atomic E-state index is 11.5. The Hall–Kier alpha value is -0.650. The number of nitrogens with one attached hydrogen (secondary N) is 3. The molecule has 1 amide bonds. The van der Waals surface area contributed by atoms with E-state index in [2.05, 4.69) is 22.9 Å². The molecular formula is C12H23N3O2. The van der Waals surface area contributed by atoms with Crippen molar-refractivity contribution in [3.8, 4) is 0 Å². The van der Waals surface area contributed by atoms with Crippen molar-refractivity contribution < 1.29 is 9.53 Å². The molecule has 1 saturated carbocycles. The maximum atomic E-state index is 11.5. The summed E-state index contributed by atoms with van der Waals surface area (Å²) in [6, 6.07) is 1.20. The van der Waals surface area contributed by atoms with Crippen molar-refractivity contribution in [3.63, 3.8) is 0 Å². The monoisotopic (exact) mass is 241 g/mol. The van der Waals surface area contributed by atoms with Gasteiger partial charge in [0.05, 0.1) is 19.8 Å². The lowest BCUT2D eigenvalue weighted by Gasteiger charge is -2.26. The van der Waals surface area contributed by atoms with Crippen LogP contribution in [0.25, 0.3) is 0 Å². The number of ether oxygens (including phenoxy) is 1. The first kappa shape index (κ1) is 12.8. The van der Waals surface area contributed by atoms with E-state index in [0.717, 1.165) is 39.0 Å². The second-order valence-electron chi connectivity index (χ2n) is 5.09. The Bertz CT molecular complexity index is 250. The van der Waals surface area contributed by atoms with Crippen LogP contribution in [0.5, 0.6) is 0 Å². The summed E-state index contributed by atoms with van der Waals surface area (Å²) in [4.78, 5) is 11.5. The molecule has 5 heteroatoms. The summed E-state index contributed by atoms with van der Waals surface area (Å²) < 4.78 is 5.40. The lowest BCUT2D eigenvalue weighted by Crippen LogP contribution is -2.46. The van der Waals surface area contributed by atoms with E-state index < -0.39 is 0 Å². The van der Waals surface area contributed by atoms with Gasteiger partial charge in [0.1, 0.15) is 0 Å². The highest BCUT2D eigenvalue weighted by molar-refractivity contribution is 5.78. The highest BCUT2D eigenvalue weighted by Crippen LogP contribution is 2.18. The van der Waals surface area contributed by atoms with Crippen LogP contribution >= 0.6 is 0 Å². The SMILES string of the molecule is CC(CC1COCCN1)NCC(=O)NC1CC1. The molecular weight excluding hydrogens is 218 g/mol. The Morgan fingerprint density at radius 3 is 3.00 bits per heavy atom. The van der Waals surface area contributed by atoms with Gasteiger partial charge in [-0.05, 0) is 26.2 Å². The zero-order valence-corrected chi connectivity index (χ0v) is 10.5. The van der Waals surface area contributed by atoms with Crippen LogP contribution in [0.1, 0.15) is 26.2 Å². The van der Waals surface area contributed by atoms with Crippen LogP contribution in [0.2, 0.25) is 0 Å². The topological polar surface area (TPSA) is 62.4 Å². The summed E-state index contributed by atoms with van der Waals surface area (Å²) >= 11 is 0. The fraction of sp³-hybridized carbons (Fsp3) is 0.917. The second kappa shape index (κ2) is 6.33. The van der Waals surface area contributed by atoms with Gasteiger partial charge in [-0.1, -0.05) is 0 Å². The van der Waals surface area contributed by atoms with Crippen LogP contribution < -0.4 is 16.0 Å². The standard InChI is InChI=1S/C12H23N3O2/c1-9(6-11-8-17-5-4-13-11)14-7-12(16)15-10-2-3-10/h9-11,13-14H,2-8H2,1H3,(H,15,16). The van der Waals surface area contributed by atoms with Crippen LogP contribution in [-0.2, 0) is 9.53 Å². The van der Waals surface area contributed by atoms with Crippen molar-refractivity contribution >= 4 is 5.91 Å². The van der Waals surface area contributed by atoms with E-state index >= 15 is 0 Å². The zero-order chi connectivity index (χ0) is 12.1. The summed E-state index contributed by atoms with van der Waals surface area (Å²) in [7, 11) is 0. The first-order valence-corrected chi connectivity index (χ1v) is 6.58. The highest BCUT2D eigenvalue weighted by atomic mass is 16.5. The second-order valence-corrected chi connectivity index (χ2v) is 5.09. The van der Waals surface area contributed by atoms with Crippen molar-refractivity contribution in [3.05, 3.63) is 0 Å². The van der Waals surface area contributed by atoms with Crippen LogP contribution in [0.4, 0.5) is 0 Å². The average Bonchev–Trinajstić information content (AvgIpc) is 3.12. The highest BCUT2D eigenvalue weighted by Gasteiger charge is 2.23. The van der Waals surface area contributed by atoms with Crippen LogP contribution in [-0.4, -0.2) is 50.3 Å². The van der Waals surface area contributed by atoms with Gasteiger partial charge in [0.2, 0.25) is 5.91 Å². The molecule has 1 saturated heterocycles. The molecule has 5 nitrogen and oxygen atoms in total. The predicted octanol–water partition coefficient (Wildman–Crippen LogP) is -0.378. The fourth-order valence-corrected chi connectivity index (χ4v) is 2.05. The van der Waals surface area contributed by atoms with E-state index in [1.807, 2.05) is 0 Å². The number of amides is 1. The molecule has 0 radical (unpaired) electrons. The zero-order valence-electron chi connectivity index (χ0n) is 10.5. The molecule has 2 unspecified atom stereocenters. The molecule has 2 aliphatic rings. The number of hydrogen-bond donors (Lipinski definition) is 3. The maximum Gasteiger partial charge on any atom is 0.234 e. The van der Waals surface area contributed by atoms with Gasteiger partial charge in [-0.2, -0.15) is 0 Å². The summed E-state index contributed by atoms with van der Waals surface area (Å²) in [5, 5.41) is 9.64. The Balaban J connectivity index is 1.55. The smallest absolute Gasteiger partial charge is 0.234 e. The first-order valence-electron chi connectivity index (χ1n) is 6.58. The Morgan fingerprint density at radius 1 is 1.53 bits per heavy atom. The molecule has 0 aromatic rings. The van der Waals surface area contributed by atoms with Gasteiger partial charge in [0.25, 0.3) is 0 Å². The molecule has 0 aromatic carbocycles. The number of carbonyl (C=O) groups excluding carboxylic acids is 1. The van der Waals surface area contributed by atoms with Gasteiger partial charge >= 0.3 is 0 Å². The summed E-state index contributed by atoms with van der Waals surface area (Å²) in [6.07, 6.45) is 3.28. The van der Waals surface area contributed by atoms with Gasteiger partial charge in [0.15, 0.2) is 0 Å². The molecule has 1 aliphatic carbocycles. The Morgan fingerprint density at radius 2 is 2.35 bits per heavy atom. The van der Waals surface area contributed by atoms with Gasteiger partial charge in [-0.3, -0.25) is 4.79 Å². The van der Waals surface area contributed by atoms with Crippen molar-refractivity contribution in [2.75, 3.05) is 26.3 Å². The minimum atomic E-state index is 0.118. The largest absolute Gasteiger partial charge is 0.379 e. The molecule has 17 heavy (non-hydrogen) atoms. The van der Waals surface area contributed by atoms with Gasteiger partial charge in [0, 0.05) is 24.7 Å². The van der Waals surface area contributed by atoms with Gasteiger partial charge in [-0.15, -0.1) is 0 Å². The first-order chi connectivity index (χ1) is 8.24. The molecule has 98 valence electrons. The van der Waals surface area contributed by atoms with E-state index in [1.165, 1.54) is 0 Å². The molecule has 0 aromatic heterocycles. The quantitative estimate of drug-likeness (QED) is 0.593. The average molecular weight is 241 g/mol. The number of rotatable bonds is 6. The van der Waals surface area contributed by atoms with Crippen molar-refractivity contribution in [1.82, 2.24) is 16.0 Å². The molecule has 2 rings (SSSR count). The lowest BCUT2D eigenvalue weighted by atomic mass is 10.1. The van der Waals surface area contributed by atoms with E-state index in [1.54, 1.807) is 0 Å². The van der Waals surface area contributed by atoms with E-state index in [9.17, 15) is 4.79 Å². The Kier molecular flexibility index (Phi) is 4.76. The van der Waals surface area contributed by atoms with E-state index in [-0.39, 0.29) is 5.91 Å². The molecule has 2 fully saturated rings. The number of hydrogen-bond acceptors (Lipinski definition) is 4. The fourth-order valence-electron chi connectivity index (χ4n) is 2.05. The summed E-state index contributed by atoms with van der Waals surface area (Å²) in [5.41, 5.74) is 0. The third kappa shape index (κ3) is 5.02. The van der Waals surface area contributed by atoms with E-state index in [0.29, 0.717) is 24.7 Å². The van der Waals surface area contributed by atoms with Gasteiger partial charge in [-0.25, -0.2) is 0 Å². The van der Waals surface area contributed by atoms with Crippen molar-refractivity contribution in [1.29, 1.82) is 0 Å². The molecule has 0 spiro atoms.